The molecule has 29 heavy (non-hydrogen) atoms. The van der Waals surface area contributed by atoms with Crippen LogP contribution >= 0.6 is 11.6 Å². The van der Waals surface area contributed by atoms with Crippen LogP contribution in [0.25, 0.3) is 0 Å². The number of halogens is 3. The molecule has 0 unspecified atom stereocenters. The summed E-state index contributed by atoms with van der Waals surface area (Å²) in [6, 6.07) is 1.43. The summed E-state index contributed by atoms with van der Waals surface area (Å²) in [6.45, 7) is 2.04. The first-order valence-electron chi connectivity index (χ1n) is 8.83. The Kier molecular flexibility index (Phi) is 5.81. The molecule has 0 spiro atoms. The quantitative estimate of drug-likeness (QED) is 0.774. The number of nitrogens with zero attached hydrogens (tertiary/aromatic N) is 4. The van der Waals surface area contributed by atoms with Crippen LogP contribution in [0.3, 0.4) is 0 Å². The highest BCUT2D eigenvalue weighted by Gasteiger charge is 2.33. The first-order valence-corrected chi connectivity index (χ1v) is 11.1. The number of hydrogen-bond acceptors (Lipinski definition) is 6. The highest BCUT2D eigenvalue weighted by atomic mass is 35.5. The largest absolute Gasteiger partial charge is 0.356 e. The Labute approximate surface area is 171 Å². The molecule has 1 aliphatic rings. The van der Waals surface area contributed by atoms with E-state index in [4.69, 9.17) is 11.6 Å². The van der Waals surface area contributed by atoms with Crippen molar-refractivity contribution >= 4 is 39.0 Å². The van der Waals surface area contributed by atoms with Crippen molar-refractivity contribution in [2.45, 2.75) is 32.1 Å². The van der Waals surface area contributed by atoms with E-state index < -0.39 is 21.9 Å². The van der Waals surface area contributed by atoms with Crippen molar-refractivity contribution in [1.29, 1.82) is 0 Å². The molecule has 0 atom stereocenters. The van der Waals surface area contributed by atoms with Crippen molar-refractivity contribution in [3.63, 3.8) is 0 Å². The number of amides is 1. The van der Waals surface area contributed by atoms with E-state index in [2.05, 4.69) is 15.4 Å². The summed E-state index contributed by atoms with van der Waals surface area (Å²) in [4.78, 5) is 18.9. The second kappa shape index (κ2) is 7.86. The third-order valence-electron chi connectivity index (χ3n) is 4.55. The third-order valence-corrected chi connectivity index (χ3v) is 5.81. The van der Waals surface area contributed by atoms with Crippen molar-refractivity contribution in [3.05, 3.63) is 34.7 Å². The minimum Gasteiger partial charge on any atom is -0.356 e. The van der Waals surface area contributed by atoms with E-state index >= 15 is 0 Å². The zero-order chi connectivity index (χ0) is 21.4. The molecule has 0 radical (unpaired) electrons. The maximum atomic E-state index is 13.7. The van der Waals surface area contributed by atoms with Gasteiger partial charge in [0, 0.05) is 25.9 Å². The number of pyridine rings is 1. The van der Waals surface area contributed by atoms with Gasteiger partial charge in [0.05, 0.1) is 40.6 Å². The zero-order valence-corrected chi connectivity index (χ0v) is 17.4. The van der Waals surface area contributed by atoms with Crippen molar-refractivity contribution in [3.8, 4) is 0 Å². The van der Waals surface area contributed by atoms with Crippen LogP contribution in [0.15, 0.2) is 18.5 Å². The molecule has 0 saturated carbocycles. The van der Waals surface area contributed by atoms with Crippen LogP contribution in [0.2, 0.25) is 5.02 Å². The van der Waals surface area contributed by atoms with Gasteiger partial charge in [-0.25, -0.2) is 22.2 Å². The van der Waals surface area contributed by atoms with E-state index in [0.29, 0.717) is 12.2 Å². The zero-order valence-electron chi connectivity index (χ0n) is 15.8. The average molecular weight is 448 g/mol. The van der Waals surface area contributed by atoms with Crippen molar-refractivity contribution in [2.24, 2.45) is 0 Å². The Morgan fingerprint density at radius 3 is 2.69 bits per heavy atom. The average Bonchev–Trinajstić information content (AvgIpc) is 3.01. The Morgan fingerprint density at radius 1 is 1.31 bits per heavy atom. The fraction of sp³-hybridized carbons (Fsp3) is 0.471. The van der Waals surface area contributed by atoms with Gasteiger partial charge in [0.1, 0.15) is 5.82 Å². The number of alkyl halides is 2. The SMILES string of the molecule is Cc1nc(N2CCCC(F)(F)CC2)c(C(=O)Nc2cnn(S(C)(=O)=O)c2)cc1Cl. The van der Waals surface area contributed by atoms with Gasteiger partial charge >= 0.3 is 0 Å². The van der Waals surface area contributed by atoms with Crippen LogP contribution in [-0.2, 0) is 10.0 Å². The van der Waals surface area contributed by atoms with Crippen LogP contribution in [0.5, 0.6) is 0 Å². The summed E-state index contributed by atoms with van der Waals surface area (Å²) in [5, 5.41) is 6.49. The Hall–Kier alpha value is -2.27. The van der Waals surface area contributed by atoms with Gasteiger partial charge in [0.15, 0.2) is 0 Å². The summed E-state index contributed by atoms with van der Waals surface area (Å²) < 4.78 is 51.2. The molecule has 3 heterocycles. The minimum atomic E-state index is -3.59. The number of anilines is 2. The Bertz CT molecular complexity index is 1040. The lowest BCUT2D eigenvalue weighted by atomic mass is 10.1. The maximum absolute atomic E-state index is 13.7. The normalized spacial score (nSPS) is 17.1. The standard InChI is InChI=1S/C17H20ClF2N5O3S/c1-11-14(18)8-13(15(22-11)24-6-3-4-17(19,20)5-7-24)16(26)23-12-9-21-25(10-12)29(2,27)28/h8-10H,3-7H2,1-2H3,(H,23,26). The van der Waals surface area contributed by atoms with Gasteiger partial charge in [-0.15, -0.1) is 0 Å². The van der Waals surface area contributed by atoms with Crippen LogP contribution in [0.4, 0.5) is 20.3 Å². The summed E-state index contributed by atoms with van der Waals surface area (Å²) in [5.74, 6) is -3.09. The molecule has 1 saturated heterocycles. The number of carbonyl (C=O) groups excluding carboxylic acids is 1. The lowest BCUT2D eigenvalue weighted by Gasteiger charge is -2.24. The van der Waals surface area contributed by atoms with E-state index in [1.54, 1.807) is 11.8 Å². The first kappa shape index (κ1) is 21.4. The molecule has 8 nitrogen and oxygen atoms in total. The number of nitrogens with one attached hydrogen (secondary N) is 1. The number of aryl methyl sites for hydroxylation is 1. The van der Waals surface area contributed by atoms with E-state index in [9.17, 15) is 22.0 Å². The lowest BCUT2D eigenvalue weighted by Crippen LogP contribution is -2.29. The topological polar surface area (TPSA) is 97.2 Å². The fourth-order valence-corrected chi connectivity index (χ4v) is 3.68. The Morgan fingerprint density at radius 2 is 2.03 bits per heavy atom. The molecule has 1 aliphatic heterocycles. The predicted octanol–water partition coefficient (Wildman–Crippen LogP) is 2.93. The molecule has 3 rings (SSSR count). The molecule has 0 aliphatic carbocycles. The predicted molar refractivity (Wildman–Crippen MR) is 105 cm³/mol. The van der Waals surface area contributed by atoms with Crippen LogP contribution in [0.1, 0.15) is 35.3 Å². The molecular formula is C17H20ClF2N5O3S. The number of hydrogen-bond donors (Lipinski definition) is 1. The van der Waals surface area contributed by atoms with E-state index in [-0.39, 0.29) is 47.9 Å². The van der Waals surface area contributed by atoms with Crippen molar-refractivity contribution < 1.29 is 22.0 Å². The molecule has 2 aromatic rings. The number of aromatic nitrogens is 3. The minimum absolute atomic E-state index is 0.0490. The molecule has 1 fully saturated rings. The van der Waals surface area contributed by atoms with E-state index in [1.165, 1.54) is 12.3 Å². The fourth-order valence-electron chi connectivity index (χ4n) is 3.00. The van der Waals surface area contributed by atoms with Crippen LogP contribution < -0.4 is 10.2 Å². The molecule has 158 valence electrons. The molecule has 1 N–H and O–H groups in total. The number of rotatable bonds is 4. The van der Waals surface area contributed by atoms with Crippen molar-refractivity contribution in [2.75, 3.05) is 29.6 Å². The van der Waals surface area contributed by atoms with Crippen LogP contribution in [-0.4, -0.2) is 53.8 Å². The van der Waals surface area contributed by atoms with E-state index in [0.717, 1.165) is 16.5 Å². The third kappa shape index (κ3) is 5.02. The summed E-state index contributed by atoms with van der Waals surface area (Å²) in [7, 11) is -3.59. The summed E-state index contributed by atoms with van der Waals surface area (Å²) >= 11 is 6.14. The van der Waals surface area contributed by atoms with Gasteiger partial charge in [0.25, 0.3) is 15.9 Å². The highest BCUT2D eigenvalue weighted by Crippen LogP contribution is 2.32. The molecule has 12 heteroatoms. The summed E-state index contributed by atoms with van der Waals surface area (Å²) in [6.07, 6.45) is 3.03. The maximum Gasteiger partial charge on any atom is 0.259 e. The van der Waals surface area contributed by atoms with Gasteiger partial charge in [-0.2, -0.15) is 9.19 Å². The second-order valence-electron chi connectivity index (χ2n) is 6.94. The molecule has 2 aromatic heterocycles. The number of carbonyl (C=O) groups is 1. The molecule has 0 aromatic carbocycles. The van der Waals surface area contributed by atoms with Gasteiger partial charge in [-0.05, 0) is 19.4 Å². The Balaban J connectivity index is 1.91. The first-order chi connectivity index (χ1) is 13.5. The lowest BCUT2D eigenvalue weighted by molar-refractivity contribution is -0.0102. The van der Waals surface area contributed by atoms with E-state index in [1.807, 2.05) is 0 Å². The molecular weight excluding hydrogens is 428 g/mol. The van der Waals surface area contributed by atoms with Crippen molar-refractivity contribution in [1.82, 2.24) is 14.2 Å². The molecule has 1 amide bonds. The molecule has 0 bridgehead atoms. The highest BCUT2D eigenvalue weighted by molar-refractivity contribution is 7.89. The smallest absolute Gasteiger partial charge is 0.259 e. The van der Waals surface area contributed by atoms with Gasteiger partial charge in [-0.3, -0.25) is 4.79 Å². The van der Waals surface area contributed by atoms with Gasteiger partial charge in [-0.1, -0.05) is 11.6 Å². The second-order valence-corrected chi connectivity index (χ2v) is 9.19. The van der Waals surface area contributed by atoms with Gasteiger partial charge in [0.2, 0.25) is 5.92 Å². The van der Waals surface area contributed by atoms with Crippen LogP contribution in [0, 0.1) is 6.92 Å². The summed E-state index contributed by atoms with van der Waals surface area (Å²) in [5.41, 5.74) is 0.738. The monoisotopic (exact) mass is 447 g/mol. The van der Waals surface area contributed by atoms with Gasteiger partial charge < -0.3 is 10.2 Å².